The fourth-order valence-electron chi connectivity index (χ4n) is 2.83. The van der Waals surface area contributed by atoms with Crippen LogP contribution in [-0.2, 0) is 4.74 Å². The lowest BCUT2D eigenvalue weighted by Gasteiger charge is -2.34. The lowest BCUT2D eigenvalue weighted by Crippen LogP contribution is -2.44. The van der Waals surface area contributed by atoms with Crippen molar-refractivity contribution >= 4 is 11.7 Å². The van der Waals surface area contributed by atoms with E-state index in [-0.39, 0.29) is 29.3 Å². The second-order valence-corrected chi connectivity index (χ2v) is 5.72. The van der Waals surface area contributed by atoms with Crippen molar-refractivity contribution in [3.05, 3.63) is 53.7 Å². The normalized spacial score (nSPS) is 16.4. The first-order valence-electron chi connectivity index (χ1n) is 8.07. The van der Waals surface area contributed by atoms with Crippen LogP contribution in [0.2, 0.25) is 0 Å². The van der Waals surface area contributed by atoms with E-state index >= 15 is 0 Å². The van der Waals surface area contributed by atoms with Gasteiger partial charge in [0.25, 0.3) is 5.91 Å². The third kappa shape index (κ3) is 4.28. The highest BCUT2D eigenvalue weighted by Gasteiger charge is 2.24. The van der Waals surface area contributed by atoms with Gasteiger partial charge in [-0.15, -0.1) is 0 Å². The third-order valence-corrected chi connectivity index (χ3v) is 4.14. The zero-order valence-corrected chi connectivity index (χ0v) is 13.7. The molecule has 1 atom stereocenters. The Balaban J connectivity index is 1.74. The highest BCUT2D eigenvalue weighted by Crippen LogP contribution is 2.22. The molecule has 0 saturated carbocycles. The minimum absolute atomic E-state index is 0.0877. The van der Waals surface area contributed by atoms with E-state index in [2.05, 4.69) is 20.2 Å². The van der Waals surface area contributed by atoms with Crippen LogP contribution in [0.5, 0.6) is 0 Å². The number of nitrogens with zero attached hydrogens (tertiary/aromatic N) is 3. The van der Waals surface area contributed by atoms with Crippen molar-refractivity contribution in [2.45, 2.75) is 6.04 Å². The number of nitrogens with two attached hydrogens (primary N) is 1. The molecular formula is C17H20FN5O2. The Morgan fingerprint density at radius 3 is 2.60 bits per heavy atom. The molecular weight excluding hydrogens is 325 g/mol. The predicted molar refractivity (Wildman–Crippen MR) is 90.3 cm³/mol. The fraction of sp³-hybridized carbons (Fsp3) is 0.353. The number of aromatic nitrogens is 2. The lowest BCUT2D eigenvalue weighted by atomic mass is 10.0. The second-order valence-electron chi connectivity index (χ2n) is 5.72. The molecule has 1 aliphatic heterocycles. The molecule has 132 valence electrons. The van der Waals surface area contributed by atoms with Crippen molar-refractivity contribution in [1.82, 2.24) is 20.2 Å². The number of nitrogens with one attached hydrogen (secondary N) is 1. The summed E-state index contributed by atoms with van der Waals surface area (Å²) in [5.74, 6) is -0.587. The van der Waals surface area contributed by atoms with Crippen LogP contribution in [0.1, 0.15) is 22.1 Å². The lowest BCUT2D eigenvalue weighted by molar-refractivity contribution is 0.0162. The largest absolute Gasteiger partial charge is 0.382 e. The number of morpholine rings is 1. The van der Waals surface area contributed by atoms with Crippen molar-refractivity contribution in [3.63, 3.8) is 0 Å². The second kappa shape index (κ2) is 8.00. The van der Waals surface area contributed by atoms with Crippen molar-refractivity contribution in [2.24, 2.45) is 0 Å². The number of hydrogen-bond acceptors (Lipinski definition) is 6. The van der Waals surface area contributed by atoms with Crippen molar-refractivity contribution in [3.8, 4) is 0 Å². The molecule has 25 heavy (non-hydrogen) atoms. The maximum absolute atomic E-state index is 13.2. The van der Waals surface area contributed by atoms with Gasteiger partial charge in [-0.2, -0.15) is 0 Å². The Bertz CT molecular complexity index is 719. The number of benzene rings is 1. The van der Waals surface area contributed by atoms with Gasteiger partial charge >= 0.3 is 0 Å². The summed E-state index contributed by atoms with van der Waals surface area (Å²) >= 11 is 0. The molecule has 3 rings (SSSR count). The van der Waals surface area contributed by atoms with Crippen LogP contribution in [-0.4, -0.2) is 53.6 Å². The molecule has 3 N–H and O–H groups in total. The van der Waals surface area contributed by atoms with Gasteiger partial charge in [-0.25, -0.2) is 14.4 Å². The summed E-state index contributed by atoms with van der Waals surface area (Å²) in [5.41, 5.74) is 6.72. The zero-order chi connectivity index (χ0) is 17.6. The summed E-state index contributed by atoms with van der Waals surface area (Å²) in [4.78, 5) is 22.4. The molecule has 8 heteroatoms. The summed E-state index contributed by atoms with van der Waals surface area (Å²) in [6.07, 6.45) is 2.85. The number of carbonyl (C=O) groups excluding carboxylic acids is 1. The van der Waals surface area contributed by atoms with Crippen molar-refractivity contribution < 1.29 is 13.9 Å². The number of ether oxygens (including phenoxy) is 1. The first-order valence-corrected chi connectivity index (χ1v) is 8.07. The van der Waals surface area contributed by atoms with Gasteiger partial charge in [0, 0.05) is 32.0 Å². The molecule has 1 aromatic carbocycles. The first kappa shape index (κ1) is 17.2. The van der Waals surface area contributed by atoms with E-state index in [4.69, 9.17) is 10.5 Å². The van der Waals surface area contributed by atoms with Crippen LogP contribution in [0.4, 0.5) is 10.2 Å². The molecule has 1 aliphatic rings. The fourth-order valence-corrected chi connectivity index (χ4v) is 2.83. The van der Waals surface area contributed by atoms with Crippen LogP contribution in [0.25, 0.3) is 0 Å². The van der Waals surface area contributed by atoms with Gasteiger partial charge in [0.05, 0.1) is 19.3 Å². The predicted octanol–water partition coefficient (Wildman–Crippen LogP) is 1.00. The van der Waals surface area contributed by atoms with E-state index in [1.807, 2.05) is 0 Å². The molecule has 1 aromatic heterocycles. The van der Waals surface area contributed by atoms with Gasteiger partial charge < -0.3 is 15.8 Å². The standard InChI is InChI=1S/C17H20FN5O2/c18-13-3-1-12(2-4-13)14(23-7-9-25-10-8-23)11-22-17(24)15-16(19)21-6-5-20-15/h1-6,14H,7-11H2,(H2,19,21)(H,22,24). The minimum Gasteiger partial charge on any atom is -0.382 e. The molecule has 2 aromatic rings. The molecule has 0 radical (unpaired) electrons. The number of carbonyl (C=O) groups is 1. The Morgan fingerprint density at radius 2 is 1.92 bits per heavy atom. The third-order valence-electron chi connectivity index (χ3n) is 4.14. The molecule has 2 heterocycles. The number of halogens is 1. The summed E-state index contributed by atoms with van der Waals surface area (Å²) in [7, 11) is 0. The minimum atomic E-state index is -0.383. The van der Waals surface area contributed by atoms with E-state index in [0.717, 1.165) is 18.7 Å². The molecule has 1 unspecified atom stereocenters. The topological polar surface area (TPSA) is 93.4 Å². The Labute approximate surface area is 145 Å². The number of anilines is 1. The van der Waals surface area contributed by atoms with Gasteiger partial charge in [-0.1, -0.05) is 12.1 Å². The first-order chi connectivity index (χ1) is 12.1. The molecule has 1 amide bonds. The Morgan fingerprint density at radius 1 is 1.24 bits per heavy atom. The van der Waals surface area contributed by atoms with Crippen LogP contribution >= 0.6 is 0 Å². The molecule has 0 aliphatic carbocycles. The van der Waals surface area contributed by atoms with Gasteiger partial charge in [-0.3, -0.25) is 9.69 Å². The van der Waals surface area contributed by atoms with Gasteiger partial charge in [-0.05, 0) is 17.7 Å². The van der Waals surface area contributed by atoms with Crippen LogP contribution in [0, 0.1) is 5.82 Å². The van der Waals surface area contributed by atoms with E-state index in [9.17, 15) is 9.18 Å². The number of hydrogen-bond donors (Lipinski definition) is 2. The average molecular weight is 345 g/mol. The molecule has 1 saturated heterocycles. The summed E-state index contributed by atoms with van der Waals surface area (Å²) in [6, 6.07) is 6.22. The molecule has 0 bridgehead atoms. The van der Waals surface area contributed by atoms with Crippen molar-refractivity contribution in [2.75, 3.05) is 38.6 Å². The van der Waals surface area contributed by atoms with E-state index in [1.165, 1.54) is 24.5 Å². The zero-order valence-electron chi connectivity index (χ0n) is 13.7. The molecule has 0 spiro atoms. The average Bonchev–Trinajstić information content (AvgIpc) is 2.64. The summed E-state index contributed by atoms with van der Waals surface area (Å²) < 4.78 is 18.6. The van der Waals surface area contributed by atoms with Gasteiger partial charge in [0.1, 0.15) is 5.82 Å². The van der Waals surface area contributed by atoms with E-state index in [1.54, 1.807) is 12.1 Å². The highest BCUT2D eigenvalue weighted by molar-refractivity contribution is 5.96. The molecule has 7 nitrogen and oxygen atoms in total. The Hall–Kier alpha value is -2.58. The van der Waals surface area contributed by atoms with Crippen LogP contribution < -0.4 is 11.1 Å². The van der Waals surface area contributed by atoms with E-state index in [0.29, 0.717) is 19.8 Å². The highest BCUT2D eigenvalue weighted by atomic mass is 19.1. The SMILES string of the molecule is Nc1nccnc1C(=O)NCC(c1ccc(F)cc1)N1CCOCC1. The molecule has 1 fully saturated rings. The number of rotatable bonds is 5. The number of nitrogen functional groups attached to an aromatic ring is 1. The van der Waals surface area contributed by atoms with Crippen molar-refractivity contribution in [1.29, 1.82) is 0 Å². The number of amides is 1. The summed E-state index contributed by atoms with van der Waals surface area (Å²) in [5, 5.41) is 2.85. The van der Waals surface area contributed by atoms with Gasteiger partial charge in [0.2, 0.25) is 0 Å². The van der Waals surface area contributed by atoms with Gasteiger partial charge in [0.15, 0.2) is 11.5 Å². The maximum Gasteiger partial charge on any atom is 0.273 e. The van der Waals surface area contributed by atoms with Crippen LogP contribution in [0.3, 0.4) is 0 Å². The smallest absolute Gasteiger partial charge is 0.273 e. The monoisotopic (exact) mass is 345 g/mol. The van der Waals surface area contributed by atoms with E-state index < -0.39 is 0 Å². The van der Waals surface area contributed by atoms with Crippen LogP contribution in [0.15, 0.2) is 36.7 Å². The Kier molecular flexibility index (Phi) is 5.52. The quantitative estimate of drug-likeness (QED) is 0.840. The summed E-state index contributed by atoms with van der Waals surface area (Å²) in [6.45, 7) is 3.09. The maximum atomic E-state index is 13.2.